The molecule has 7 nitrogen and oxygen atoms in total. The quantitative estimate of drug-likeness (QED) is 0.611. The largest absolute Gasteiger partial charge is 0.351 e. The standard InChI is InChI=1S/C11H16N4O3/c12-5-8-2-1-3-14(7-8)11(16)10-4-9(6-13-10)15(17)18/h4,6,8,13H,1-3,5,7,12H2. The van der Waals surface area contributed by atoms with Crippen LogP contribution in [0.25, 0.3) is 0 Å². The molecule has 0 bridgehead atoms. The molecule has 0 aliphatic carbocycles. The van der Waals surface area contributed by atoms with Gasteiger partial charge in [0, 0.05) is 19.2 Å². The maximum absolute atomic E-state index is 12.1. The third-order valence-electron chi connectivity index (χ3n) is 3.25. The molecular formula is C11H16N4O3. The Labute approximate surface area is 104 Å². The molecule has 2 heterocycles. The zero-order valence-electron chi connectivity index (χ0n) is 9.96. The summed E-state index contributed by atoms with van der Waals surface area (Å²) in [6.07, 6.45) is 3.19. The van der Waals surface area contributed by atoms with E-state index >= 15 is 0 Å². The fourth-order valence-corrected chi connectivity index (χ4v) is 2.22. The summed E-state index contributed by atoms with van der Waals surface area (Å²) in [4.78, 5) is 26.5. The molecule has 1 aromatic heterocycles. The fraction of sp³-hybridized carbons (Fsp3) is 0.545. The van der Waals surface area contributed by atoms with Crippen molar-refractivity contribution in [3.8, 4) is 0 Å². The zero-order valence-corrected chi connectivity index (χ0v) is 9.96. The van der Waals surface area contributed by atoms with Gasteiger partial charge in [-0.2, -0.15) is 0 Å². The van der Waals surface area contributed by atoms with Gasteiger partial charge in [-0.25, -0.2) is 0 Å². The number of carbonyl (C=O) groups is 1. The number of nitrogens with one attached hydrogen (secondary N) is 1. The summed E-state index contributed by atoms with van der Waals surface area (Å²) in [6, 6.07) is 1.27. The van der Waals surface area contributed by atoms with Crippen LogP contribution < -0.4 is 5.73 Å². The van der Waals surface area contributed by atoms with Gasteiger partial charge in [-0.05, 0) is 25.3 Å². The van der Waals surface area contributed by atoms with Crippen molar-refractivity contribution in [2.45, 2.75) is 12.8 Å². The van der Waals surface area contributed by atoms with Gasteiger partial charge in [-0.1, -0.05) is 0 Å². The highest BCUT2D eigenvalue weighted by Crippen LogP contribution is 2.19. The topological polar surface area (TPSA) is 105 Å². The summed E-state index contributed by atoms with van der Waals surface area (Å²) in [5, 5.41) is 10.6. The summed E-state index contributed by atoms with van der Waals surface area (Å²) in [5.41, 5.74) is 5.78. The first-order chi connectivity index (χ1) is 8.61. The SMILES string of the molecule is NCC1CCCN(C(=O)c2cc([N+](=O)[O-])c[nH]2)C1. The average Bonchev–Trinajstić information content (AvgIpc) is 2.87. The van der Waals surface area contributed by atoms with E-state index in [0.29, 0.717) is 25.6 Å². The summed E-state index contributed by atoms with van der Waals surface area (Å²) < 4.78 is 0. The Balaban J connectivity index is 2.07. The third kappa shape index (κ3) is 2.51. The maximum atomic E-state index is 12.1. The van der Waals surface area contributed by atoms with E-state index < -0.39 is 4.92 Å². The monoisotopic (exact) mass is 252 g/mol. The van der Waals surface area contributed by atoms with Crippen LogP contribution in [0.15, 0.2) is 12.3 Å². The Hall–Kier alpha value is -1.89. The Morgan fingerprint density at radius 2 is 2.44 bits per heavy atom. The second-order valence-corrected chi connectivity index (χ2v) is 4.52. The van der Waals surface area contributed by atoms with E-state index in [2.05, 4.69) is 4.98 Å². The summed E-state index contributed by atoms with van der Waals surface area (Å²) >= 11 is 0. The number of nitrogens with two attached hydrogens (primary N) is 1. The zero-order chi connectivity index (χ0) is 13.1. The number of carbonyl (C=O) groups excluding carboxylic acids is 1. The van der Waals surface area contributed by atoms with Crippen molar-refractivity contribution in [1.82, 2.24) is 9.88 Å². The molecule has 1 aliphatic rings. The molecule has 0 spiro atoms. The molecule has 1 atom stereocenters. The van der Waals surface area contributed by atoms with Crippen LogP contribution in [0.2, 0.25) is 0 Å². The number of aromatic amines is 1. The van der Waals surface area contributed by atoms with Crippen molar-refractivity contribution in [3.05, 3.63) is 28.1 Å². The number of hydrogen-bond donors (Lipinski definition) is 2. The van der Waals surface area contributed by atoms with Gasteiger partial charge in [0.05, 0.1) is 11.1 Å². The number of aromatic nitrogens is 1. The minimum Gasteiger partial charge on any atom is -0.351 e. The molecule has 0 aromatic carbocycles. The van der Waals surface area contributed by atoms with E-state index in [9.17, 15) is 14.9 Å². The van der Waals surface area contributed by atoms with Gasteiger partial charge >= 0.3 is 0 Å². The first-order valence-corrected chi connectivity index (χ1v) is 5.94. The lowest BCUT2D eigenvalue weighted by Crippen LogP contribution is -2.42. The van der Waals surface area contributed by atoms with Gasteiger partial charge in [0.25, 0.3) is 11.6 Å². The number of likely N-dealkylation sites (tertiary alicyclic amines) is 1. The second-order valence-electron chi connectivity index (χ2n) is 4.52. The molecule has 98 valence electrons. The van der Waals surface area contributed by atoms with Crippen molar-refractivity contribution < 1.29 is 9.72 Å². The highest BCUT2D eigenvalue weighted by atomic mass is 16.6. The van der Waals surface area contributed by atoms with Crippen LogP contribution >= 0.6 is 0 Å². The molecule has 2 rings (SSSR count). The van der Waals surface area contributed by atoms with Crippen LogP contribution in [0.4, 0.5) is 5.69 Å². The summed E-state index contributed by atoms with van der Waals surface area (Å²) in [7, 11) is 0. The first kappa shape index (κ1) is 12.6. The smallest absolute Gasteiger partial charge is 0.287 e. The molecule has 18 heavy (non-hydrogen) atoms. The van der Waals surface area contributed by atoms with Gasteiger partial charge in [-0.15, -0.1) is 0 Å². The van der Waals surface area contributed by atoms with Crippen molar-refractivity contribution in [1.29, 1.82) is 0 Å². The van der Waals surface area contributed by atoms with E-state index in [1.807, 2.05) is 0 Å². The van der Waals surface area contributed by atoms with Gasteiger partial charge in [0.2, 0.25) is 0 Å². The highest BCUT2D eigenvalue weighted by molar-refractivity contribution is 5.93. The van der Waals surface area contributed by atoms with E-state index in [1.165, 1.54) is 12.3 Å². The van der Waals surface area contributed by atoms with Crippen LogP contribution in [0.5, 0.6) is 0 Å². The minimum absolute atomic E-state index is 0.0919. The normalized spacial score (nSPS) is 19.8. The van der Waals surface area contributed by atoms with Crippen LogP contribution in [0.3, 0.4) is 0 Å². The Morgan fingerprint density at radius 3 is 3.06 bits per heavy atom. The lowest BCUT2D eigenvalue weighted by Gasteiger charge is -2.31. The summed E-state index contributed by atoms with van der Waals surface area (Å²) in [5.74, 6) is 0.133. The van der Waals surface area contributed by atoms with Crippen LogP contribution in [-0.2, 0) is 0 Å². The molecule has 0 radical (unpaired) electrons. The molecular weight excluding hydrogens is 236 g/mol. The molecule has 1 aliphatic heterocycles. The lowest BCUT2D eigenvalue weighted by atomic mass is 9.98. The molecule has 3 N–H and O–H groups in total. The molecule has 7 heteroatoms. The summed E-state index contributed by atoms with van der Waals surface area (Å²) in [6.45, 7) is 1.87. The molecule has 1 aromatic rings. The number of nitrogens with zero attached hydrogens (tertiary/aromatic N) is 2. The number of hydrogen-bond acceptors (Lipinski definition) is 4. The average molecular weight is 252 g/mol. The van der Waals surface area contributed by atoms with Crippen molar-refractivity contribution in [2.24, 2.45) is 11.7 Å². The number of H-pyrrole nitrogens is 1. The van der Waals surface area contributed by atoms with E-state index in [1.54, 1.807) is 4.90 Å². The van der Waals surface area contributed by atoms with Gasteiger partial charge in [-0.3, -0.25) is 14.9 Å². The molecule has 1 unspecified atom stereocenters. The molecule has 1 saturated heterocycles. The van der Waals surface area contributed by atoms with E-state index in [-0.39, 0.29) is 17.3 Å². The molecule has 1 fully saturated rings. The Kier molecular flexibility index (Phi) is 3.61. The van der Waals surface area contributed by atoms with Gasteiger partial charge in [0.15, 0.2) is 0 Å². The number of amides is 1. The van der Waals surface area contributed by atoms with Crippen LogP contribution in [0.1, 0.15) is 23.3 Å². The van der Waals surface area contributed by atoms with Crippen molar-refractivity contribution >= 4 is 11.6 Å². The van der Waals surface area contributed by atoms with E-state index in [0.717, 1.165) is 12.8 Å². The minimum atomic E-state index is -0.522. The number of nitro groups is 1. The maximum Gasteiger partial charge on any atom is 0.287 e. The first-order valence-electron chi connectivity index (χ1n) is 5.94. The number of rotatable bonds is 3. The lowest BCUT2D eigenvalue weighted by molar-refractivity contribution is -0.384. The third-order valence-corrected chi connectivity index (χ3v) is 3.25. The van der Waals surface area contributed by atoms with Crippen LogP contribution in [-0.4, -0.2) is 40.3 Å². The predicted molar refractivity (Wildman–Crippen MR) is 65.1 cm³/mol. The second kappa shape index (κ2) is 5.18. The Bertz CT molecular complexity index is 457. The van der Waals surface area contributed by atoms with Gasteiger partial charge < -0.3 is 15.6 Å². The molecule has 0 saturated carbocycles. The fourth-order valence-electron chi connectivity index (χ4n) is 2.22. The predicted octanol–water partition coefficient (Wildman–Crippen LogP) is 0.734. The highest BCUT2D eigenvalue weighted by Gasteiger charge is 2.25. The van der Waals surface area contributed by atoms with E-state index in [4.69, 9.17) is 5.73 Å². The van der Waals surface area contributed by atoms with Crippen molar-refractivity contribution in [2.75, 3.05) is 19.6 Å². The van der Waals surface area contributed by atoms with Gasteiger partial charge in [0.1, 0.15) is 5.69 Å². The van der Waals surface area contributed by atoms with Crippen LogP contribution in [0, 0.1) is 16.0 Å². The number of piperidine rings is 1. The Morgan fingerprint density at radius 1 is 1.67 bits per heavy atom. The molecule has 1 amide bonds. The van der Waals surface area contributed by atoms with Crippen molar-refractivity contribution in [3.63, 3.8) is 0 Å².